The van der Waals surface area contributed by atoms with Gasteiger partial charge in [0.2, 0.25) is 0 Å². The Bertz CT molecular complexity index is 954. The molecule has 25 heavy (non-hydrogen) atoms. The summed E-state index contributed by atoms with van der Waals surface area (Å²) in [6.45, 7) is 2.51. The molecule has 0 radical (unpaired) electrons. The van der Waals surface area contributed by atoms with Gasteiger partial charge in [-0.3, -0.25) is 9.48 Å². The Morgan fingerprint density at radius 1 is 1.24 bits per heavy atom. The van der Waals surface area contributed by atoms with Gasteiger partial charge >= 0.3 is 0 Å². The summed E-state index contributed by atoms with van der Waals surface area (Å²) in [5, 5.41) is 16.8. The van der Waals surface area contributed by atoms with Gasteiger partial charge in [0.1, 0.15) is 0 Å². The van der Waals surface area contributed by atoms with E-state index in [1.165, 1.54) is 0 Å². The van der Waals surface area contributed by atoms with Gasteiger partial charge in [0.05, 0.1) is 18.2 Å². The second kappa shape index (κ2) is 7.20. The average Bonchev–Trinajstić information content (AvgIpc) is 2.96. The number of halogens is 1. The molecule has 1 amide bonds. The van der Waals surface area contributed by atoms with Crippen molar-refractivity contribution in [3.63, 3.8) is 0 Å². The molecular weight excluding hydrogens is 336 g/mol. The first-order chi connectivity index (χ1) is 12.0. The second-order valence-corrected chi connectivity index (χ2v) is 6.04. The lowest BCUT2D eigenvalue weighted by Gasteiger charge is -2.05. The Kier molecular flexibility index (Phi) is 4.82. The molecule has 0 spiro atoms. The predicted octanol–water partition coefficient (Wildman–Crippen LogP) is 4.02. The molecule has 0 saturated carbocycles. The number of benzene rings is 2. The largest absolute Gasteiger partial charge is 0.305 e. The Morgan fingerprint density at radius 2 is 2.00 bits per heavy atom. The highest BCUT2D eigenvalue weighted by Gasteiger charge is 2.11. The molecule has 1 heterocycles. The number of hydrogen-bond acceptors (Lipinski definition) is 3. The number of aromatic nitrogens is 2. The number of carbonyl (C=O) groups excluding carboxylic acids is 1. The maximum absolute atomic E-state index is 12.3. The molecule has 0 unspecified atom stereocenters. The van der Waals surface area contributed by atoms with Crippen LogP contribution in [0.5, 0.6) is 0 Å². The van der Waals surface area contributed by atoms with Gasteiger partial charge in [-0.15, -0.1) is 0 Å². The van der Waals surface area contributed by atoms with E-state index in [0.717, 1.165) is 11.3 Å². The van der Waals surface area contributed by atoms with E-state index in [4.69, 9.17) is 16.9 Å². The summed E-state index contributed by atoms with van der Waals surface area (Å²) in [4.78, 5) is 12.3. The van der Waals surface area contributed by atoms with Crippen molar-refractivity contribution >= 4 is 23.3 Å². The number of rotatable bonds is 4. The molecule has 0 aliphatic heterocycles. The highest BCUT2D eigenvalue weighted by Crippen LogP contribution is 2.15. The fourth-order valence-electron chi connectivity index (χ4n) is 2.41. The molecule has 1 aromatic heterocycles. The van der Waals surface area contributed by atoms with Crippen molar-refractivity contribution in [1.29, 1.82) is 5.26 Å². The smallest absolute Gasteiger partial charge is 0.256 e. The zero-order valence-electron chi connectivity index (χ0n) is 13.5. The predicted molar refractivity (Wildman–Crippen MR) is 96.6 cm³/mol. The van der Waals surface area contributed by atoms with Crippen molar-refractivity contribution in [3.05, 3.63) is 82.0 Å². The Labute approximate surface area is 150 Å². The summed E-state index contributed by atoms with van der Waals surface area (Å²) < 4.78 is 1.81. The van der Waals surface area contributed by atoms with Gasteiger partial charge in [0, 0.05) is 22.3 Å². The van der Waals surface area contributed by atoms with E-state index in [2.05, 4.69) is 10.4 Å². The minimum Gasteiger partial charge on any atom is -0.305 e. The topological polar surface area (TPSA) is 70.7 Å². The Morgan fingerprint density at radius 3 is 2.72 bits per heavy atom. The van der Waals surface area contributed by atoms with Crippen LogP contribution in [0.3, 0.4) is 0 Å². The van der Waals surface area contributed by atoms with E-state index in [9.17, 15) is 4.79 Å². The first-order valence-electron chi connectivity index (χ1n) is 7.65. The molecule has 0 saturated heterocycles. The molecule has 5 nitrogen and oxygen atoms in total. The molecule has 3 rings (SSSR count). The number of nitrogens with one attached hydrogen (secondary N) is 1. The number of nitrogens with zero attached hydrogens (tertiary/aromatic N) is 3. The number of hydrogen-bond donors (Lipinski definition) is 1. The molecule has 0 aliphatic carbocycles. The van der Waals surface area contributed by atoms with Crippen LogP contribution < -0.4 is 5.32 Å². The van der Waals surface area contributed by atoms with Crippen LogP contribution in [-0.4, -0.2) is 15.7 Å². The van der Waals surface area contributed by atoms with Crippen LogP contribution in [-0.2, 0) is 6.54 Å². The highest BCUT2D eigenvalue weighted by molar-refractivity contribution is 6.30. The molecule has 0 fully saturated rings. The minimum atomic E-state index is -0.298. The maximum atomic E-state index is 12.3. The van der Waals surface area contributed by atoms with E-state index < -0.39 is 0 Å². The molecule has 6 heteroatoms. The van der Waals surface area contributed by atoms with Gasteiger partial charge in [0.15, 0.2) is 5.82 Å². The quantitative estimate of drug-likeness (QED) is 0.772. The van der Waals surface area contributed by atoms with E-state index >= 15 is 0 Å². The van der Waals surface area contributed by atoms with E-state index in [1.807, 2.05) is 48.0 Å². The molecular formula is C19H15ClN4O. The summed E-state index contributed by atoms with van der Waals surface area (Å²) in [5.74, 6) is 0.173. The fraction of sp³-hybridized carbons (Fsp3) is 0.105. The molecule has 1 N–H and O–H groups in total. The van der Waals surface area contributed by atoms with E-state index in [-0.39, 0.29) is 5.91 Å². The summed E-state index contributed by atoms with van der Waals surface area (Å²) in [6.07, 6.45) is 0. The highest BCUT2D eigenvalue weighted by atomic mass is 35.5. The van der Waals surface area contributed by atoms with Gasteiger partial charge in [0.25, 0.3) is 5.91 Å². The van der Waals surface area contributed by atoms with Crippen LogP contribution in [0.25, 0.3) is 0 Å². The lowest BCUT2D eigenvalue weighted by atomic mass is 10.1. The van der Waals surface area contributed by atoms with Gasteiger partial charge in [-0.05, 0) is 42.8 Å². The maximum Gasteiger partial charge on any atom is 0.256 e. The van der Waals surface area contributed by atoms with Crippen LogP contribution in [0.4, 0.5) is 5.82 Å². The van der Waals surface area contributed by atoms with Crippen LogP contribution in [0, 0.1) is 18.3 Å². The number of carbonyl (C=O) groups is 1. The van der Waals surface area contributed by atoms with Gasteiger partial charge in [-0.2, -0.15) is 10.4 Å². The first-order valence-corrected chi connectivity index (χ1v) is 8.03. The first kappa shape index (κ1) is 16.7. The van der Waals surface area contributed by atoms with Gasteiger partial charge in [-0.1, -0.05) is 29.8 Å². The van der Waals surface area contributed by atoms with Crippen LogP contribution in [0.2, 0.25) is 5.02 Å². The minimum absolute atomic E-state index is 0.298. The van der Waals surface area contributed by atoms with Crippen molar-refractivity contribution in [1.82, 2.24) is 9.78 Å². The van der Waals surface area contributed by atoms with Gasteiger partial charge in [-0.25, -0.2) is 0 Å². The zero-order chi connectivity index (χ0) is 17.8. The molecule has 2 aromatic carbocycles. The third-order valence-corrected chi connectivity index (χ3v) is 3.97. The van der Waals surface area contributed by atoms with Gasteiger partial charge < -0.3 is 5.32 Å². The number of nitriles is 1. The molecule has 124 valence electrons. The standard InChI is InChI=1S/C19H15ClN4O/c1-13-9-18(22-19(25)16-4-2-3-15(10-16)11-21)23-24(13)12-14-5-7-17(20)8-6-14/h2-10H,12H2,1H3,(H,22,23,25). The monoisotopic (exact) mass is 350 g/mol. The SMILES string of the molecule is Cc1cc(NC(=O)c2cccc(C#N)c2)nn1Cc1ccc(Cl)cc1. The van der Waals surface area contributed by atoms with Crippen molar-refractivity contribution in [2.24, 2.45) is 0 Å². The number of aryl methyl sites for hydroxylation is 1. The normalized spacial score (nSPS) is 10.3. The molecule has 3 aromatic rings. The summed E-state index contributed by atoms with van der Waals surface area (Å²) in [7, 11) is 0. The van der Waals surface area contributed by atoms with E-state index in [1.54, 1.807) is 24.3 Å². The fourth-order valence-corrected chi connectivity index (χ4v) is 2.54. The molecule has 0 aliphatic rings. The summed E-state index contributed by atoms with van der Waals surface area (Å²) in [6, 6.07) is 17.9. The van der Waals surface area contributed by atoms with Crippen molar-refractivity contribution in [3.8, 4) is 6.07 Å². The number of amides is 1. The van der Waals surface area contributed by atoms with E-state index in [0.29, 0.717) is 28.5 Å². The number of anilines is 1. The van der Waals surface area contributed by atoms with Crippen LogP contribution in [0.1, 0.15) is 27.2 Å². The Balaban J connectivity index is 1.74. The third kappa shape index (κ3) is 4.06. The summed E-state index contributed by atoms with van der Waals surface area (Å²) >= 11 is 5.90. The van der Waals surface area contributed by atoms with Crippen LogP contribution in [0.15, 0.2) is 54.6 Å². The van der Waals surface area contributed by atoms with Crippen molar-refractivity contribution in [2.75, 3.05) is 5.32 Å². The van der Waals surface area contributed by atoms with Crippen LogP contribution >= 0.6 is 11.6 Å². The second-order valence-electron chi connectivity index (χ2n) is 5.60. The van der Waals surface area contributed by atoms with Crippen molar-refractivity contribution in [2.45, 2.75) is 13.5 Å². The lowest BCUT2D eigenvalue weighted by molar-refractivity contribution is 0.102. The molecule has 0 bridgehead atoms. The summed E-state index contributed by atoms with van der Waals surface area (Å²) in [5.41, 5.74) is 2.85. The zero-order valence-corrected chi connectivity index (χ0v) is 14.3. The lowest BCUT2D eigenvalue weighted by Crippen LogP contribution is -2.13. The Hall–Kier alpha value is -3.10. The average molecular weight is 351 g/mol. The molecule has 0 atom stereocenters. The van der Waals surface area contributed by atoms with Crippen molar-refractivity contribution < 1.29 is 4.79 Å². The third-order valence-electron chi connectivity index (χ3n) is 3.72.